The van der Waals surface area contributed by atoms with Crippen molar-refractivity contribution in [2.24, 2.45) is 0 Å². The summed E-state index contributed by atoms with van der Waals surface area (Å²) in [4.78, 5) is 0. The molecule has 0 heteroatoms. The summed E-state index contributed by atoms with van der Waals surface area (Å²) in [6, 6.07) is 25.1. The van der Waals surface area contributed by atoms with Crippen LogP contribution in [-0.4, -0.2) is 0 Å². The lowest BCUT2D eigenvalue weighted by Crippen LogP contribution is -2.31. The third-order valence-corrected chi connectivity index (χ3v) is 10.0. The van der Waals surface area contributed by atoms with E-state index in [2.05, 4.69) is 116 Å². The molecule has 4 aromatic carbocycles. The Hall–Kier alpha value is -3.12. The van der Waals surface area contributed by atoms with E-state index in [1.54, 1.807) is 0 Å². The van der Waals surface area contributed by atoms with Gasteiger partial charge >= 0.3 is 0 Å². The van der Waals surface area contributed by atoms with Gasteiger partial charge in [0, 0.05) is 0 Å². The van der Waals surface area contributed by atoms with Crippen LogP contribution in [0.5, 0.6) is 0 Å². The normalized spacial score (nSPS) is 16.5. The third-order valence-electron chi connectivity index (χ3n) is 10.0. The van der Waals surface area contributed by atoms with E-state index in [1.807, 2.05) is 0 Å². The quantitative estimate of drug-likeness (QED) is 0.222. The number of benzene rings is 4. The molecule has 4 aromatic rings. The summed E-state index contributed by atoms with van der Waals surface area (Å²) in [6.45, 7) is 18.8. The van der Waals surface area contributed by atoms with Crippen molar-refractivity contribution < 1.29 is 0 Å². The molecule has 0 N–H and O–H groups in total. The second-order valence-corrected chi connectivity index (χ2v) is 14.6. The Morgan fingerprint density at radius 2 is 0.872 bits per heavy atom. The average Bonchev–Trinajstić information content (AvgIpc) is 3.07. The smallest absolute Gasteiger partial charge is 0.0584 e. The molecule has 0 saturated carbocycles. The van der Waals surface area contributed by atoms with Gasteiger partial charge in [-0.2, -0.15) is 0 Å². The molecular weight excluding hydrogens is 468 g/mol. The predicted molar refractivity (Wildman–Crippen MR) is 165 cm³/mol. The summed E-state index contributed by atoms with van der Waals surface area (Å²) in [5.74, 6) is 0. The number of rotatable bonds is 2. The zero-order valence-electron chi connectivity index (χ0n) is 25.1. The summed E-state index contributed by atoms with van der Waals surface area (Å²) in [5.41, 5.74) is 20.4. The van der Waals surface area contributed by atoms with E-state index in [9.17, 15) is 0 Å². The fourth-order valence-electron chi connectivity index (χ4n) is 7.89. The first kappa shape index (κ1) is 24.9. The molecule has 0 aromatic heterocycles. The van der Waals surface area contributed by atoms with Crippen molar-refractivity contribution >= 4 is 0 Å². The van der Waals surface area contributed by atoms with Crippen LogP contribution in [0.1, 0.15) is 108 Å². The van der Waals surface area contributed by atoms with Crippen molar-refractivity contribution in [3.63, 3.8) is 0 Å². The van der Waals surface area contributed by atoms with Crippen LogP contribution in [0.25, 0.3) is 11.1 Å². The van der Waals surface area contributed by atoms with Gasteiger partial charge in [0.05, 0.1) is 5.41 Å². The maximum Gasteiger partial charge on any atom is 0.0713 e. The first-order valence-corrected chi connectivity index (χ1v) is 14.9. The highest BCUT2D eigenvalue weighted by Gasteiger charge is 2.48. The van der Waals surface area contributed by atoms with E-state index in [4.69, 9.17) is 0 Å². The van der Waals surface area contributed by atoms with Crippen molar-refractivity contribution in [2.45, 2.75) is 97.3 Å². The molecule has 0 unspecified atom stereocenters. The van der Waals surface area contributed by atoms with Crippen LogP contribution in [-0.2, 0) is 41.9 Å². The van der Waals surface area contributed by atoms with Gasteiger partial charge in [-0.25, -0.2) is 0 Å². The van der Waals surface area contributed by atoms with Crippen LogP contribution in [0, 0.1) is 13.8 Å². The number of fused-ring (bicyclic) bond motifs is 5. The monoisotopic (exact) mass is 510 g/mol. The maximum atomic E-state index is 2.56. The van der Waals surface area contributed by atoms with Gasteiger partial charge in [0.2, 0.25) is 0 Å². The highest BCUT2D eigenvalue weighted by atomic mass is 14.5. The molecule has 0 bridgehead atoms. The molecule has 0 heterocycles. The molecule has 3 aliphatic rings. The second-order valence-electron chi connectivity index (χ2n) is 14.6. The van der Waals surface area contributed by atoms with Gasteiger partial charge in [-0.05, 0) is 128 Å². The van der Waals surface area contributed by atoms with Gasteiger partial charge < -0.3 is 0 Å². The van der Waals surface area contributed by atoms with Crippen LogP contribution in [0.4, 0.5) is 0 Å². The van der Waals surface area contributed by atoms with Crippen molar-refractivity contribution in [3.05, 3.63) is 127 Å². The molecule has 0 amide bonds. The molecule has 39 heavy (non-hydrogen) atoms. The van der Waals surface area contributed by atoms with Gasteiger partial charge in [0.15, 0.2) is 0 Å². The van der Waals surface area contributed by atoms with E-state index < -0.39 is 0 Å². The summed E-state index contributed by atoms with van der Waals surface area (Å²) in [7, 11) is 0. The summed E-state index contributed by atoms with van der Waals surface area (Å²) >= 11 is 0. The van der Waals surface area contributed by atoms with E-state index >= 15 is 0 Å². The number of hydrogen-bond donors (Lipinski definition) is 0. The van der Waals surface area contributed by atoms with E-state index in [1.165, 1.54) is 104 Å². The zero-order chi connectivity index (χ0) is 27.5. The van der Waals surface area contributed by atoms with Crippen LogP contribution in [0.2, 0.25) is 0 Å². The first-order valence-electron chi connectivity index (χ1n) is 14.9. The minimum absolute atomic E-state index is 0.0907. The molecular formula is C39H42. The molecule has 3 aliphatic carbocycles. The van der Waals surface area contributed by atoms with Crippen LogP contribution in [0.3, 0.4) is 0 Å². The number of hydrogen-bond acceptors (Lipinski definition) is 0. The Morgan fingerprint density at radius 3 is 1.18 bits per heavy atom. The molecule has 0 radical (unpaired) electrons. The average molecular weight is 511 g/mol. The highest BCUT2D eigenvalue weighted by Crippen LogP contribution is 2.59. The van der Waals surface area contributed by atoms with Crippen molar-refractivity contribution in [3.8, 4) is 11.1 Å². The van der Waals surface area contributed by atoms with Gasteiger partial charge in [-0.3, -0.25) is 0 Å². The fourth-order valence-corrected chi connectivity index (χ4v) is 7.89. The minimum Gasteiger partial charge on any atom is -0.0584 e. The SMILES string of the molecule is Cc1cc2c(cc1C(C)(C)C)-c1cc(C(C)(C)C)c(C)cc1C2(c1ccc2c(c1)CC2)c1ccc2c(c1)CC2. The van der Waals surface area contributed by atoms with Crippen LogP contribution < -0.4 is 0 Å². The lowest BCUT2D eigenvalue weighted by molar-refractivity contribution is 0.585. The summed E-state index contributed by atoms with van der Waals surface area (Å²) < 4.78 is 0. The van der Waals surface area contributed by atoms with E-state index in [-0.39, 0.29) is 16.2 Å². The third kappa shape index (κ3) is 3.43. The summed E-state index contributed by atoms with van der Waals surface area (Å²) in [6.07, 6.45) is 4.84. The largest absolute Gasteiger partial charge is 0.0713 e. The molecule has 0 saturated heterocycles. The molecule has 0 atom stereocenters. The Morgan fingerprint density at radius 1 is 0.487 bits per heavy atom. The van der Waals surface area contributed by atoms with Crippen molar-refractivity contribution in [2.75, 3.05) is 0 Å². The Kier molecular flexibility index (Phi) is 5.09. The lowest BCUT2D eigenvalue weighted by atomic mass is 9.64. The van der Waals surface area contributed by atoms with E-state index in [0.717, 1.165) is 0 Å². The van der Waals surface area contributed by atoms with E-state index in [0.29, 0.717) is 0 Å². The Labute approximate surface area is 235 Å². The van der Waals surface area contributed by atoms with Gasteiger partial charge in [0.25, 0.3) is 0 Å². The predicted octanol–water partition coefficient (Wildman–Crippen LogP) is 9.46. The Balaban J connectivity index is 1.65. The molecule has 0 nitrogen and oxygen atoms in total. The van der Waals surface area contributed by atoms with Crippen LogP contribution in [0.15, 0.2) is 60.7 Å². The molecule has 0 fully saturated rings. The van der Waals surface area contributed by atoms with Crippen LogP contribution >= 0.6 is 0 Å². The highest BCUT2D eigenvalue weighted by molar-refractivity contribution is 5.88. The summed E-state index contributed by atoms with van der Waals surface area (Å²) in [5, 5.41) is 0. The second kappa shape index (κ2) is 7.97. The molecule has 0 spiro atoms. The topological polar surface area (TPSA) is 0 Å². The first-order chi connectivity index (χ1) is 18.4. The van der Waals surface area contributed by atoms with Gasteiger partial charge in [-0.1, -0.05) is 102 Å². The number of aryl methyl sites for hydroxylation is 6. The fraction of sp³-hybridized carbons (Fsp3) is 0.385. The molecule has 198 valence electrons. The van der Waals surface area contributed by atoms with Crippen molar-refractivity contribution in [1.82, 2.24) is 0 Å². The Bertz CT molecular complexity index is 1550. The van der Waals surface area contributed by atoms with Crippen molar-refractivity contribution in [1.29, 1.82) is 0 Å². The maximum absolute atomic E-state index is 2.56. The molecule has 7 rings (SSSR count). The molecule has 0 aliphatic heterocycles. The lowest BCUT2D eigenvalue weighted by Gasteiger charge is -2.37. The van der Waals surface area contributed by atoms with Gasteiger partial charge in [0.1, 0.15) is 0 Å². The zero-order valence-corrected chi connectivity index (χ0v) is 25.1. The standard InChI is InChI=1S/C39H42/c1-23-17-35-31(21-33(23)37(3,4)5)32-22-34(38(6,7)8)24(2)18-36(32)39(35,29-15-13-25-9-11-27(25)19-29)30-16-14-26-10-12-28(26)20-30/h13-22H,9-12H2,1-8H3. The van der Waals surface area contributed by atoms with Gasteiger partial charge in [-0.15, -0.1) is 0 Å². The minimum atomic E-state index is -0.303.